The SMILES string of the molecule is COc1ccc(CCNCc2ncc(C)s2)cc1. The number of hydrogen-bond acceptors (Lipinski definition) is 4. The molecule has 1 heterocycles. The minimum Gasteiger partial charge on any atom is -0.497 e. The first-order valence-electron chi connectivity index (χ1n) is 6.03. The Balaban J connectivity index is 1.71. The zero-order valence-corrected chi connectivity index (χ0v) is 11.6. The van der Waals surface area contributed by atoms with Crippen LogP contribution < -0.4 is 10.1 Å². The molecule has 0 amide bonds. The molecule has 1 aromatic heterocycles. The monoisotopic (exact) mass is 262 g/mol. The van der Waals surface area contributed by atoms with Crippen molar-refractivity contribution in [2.45, 2.75) is 19.9 Å². The van der Waals surface area contributed by atoms with E-state index in [9.17, 15) is 0 Å². The molecule has 0 bridgehead atoms. The molecule has 0 unspecified atom stereocenters. The zero-order chi connectivity index (χ0) is 12.8. The van der Waals surface area contributed by atoms with E-state index >= 15 is 0 Å². The summed E-state index contributed by atoms with van der Waals surface area (Å²) in [6.07, 6.45) is 2.94. The zero-order valence-electron chi connectivity index (χ0n) is 10.8. The van der Waals surface area contributed by atoms with Crippen LogP contribution >= 0.6 is 11.3 Å². The minimum atomic E-state index is 0.856. The van der Waals surface area contributed by atoms with Gasteiger partial charge in [-0.15, -0.1) is 11.3 Å². The van der Waals surface area contributed by atoms with E-state index in [-0.39, 0.29) is 0 Å². The van der Waals surface area contributed by atoms with E-state index in [0.717, 1.165) is 30.3 Å². The summed E-state index contributed by atoms with van der Waals surface area (Å²) < 4.78 is 5.13. The number of nitrogens with one attached hydrogen (secondary N) is 1. The van der Waals surface area contributed by atoms with Crippen molar-refractivity contribution in [2.24, 2.45) is 0 Å². The summed E-state index contributed by atoms with van der Waals surface area (Å²) in [7, 11) is 1.69. The number of methoxy groups -OCH3 is 1. The number of rotatable bonds is 6. The van der Waals surface area contributed by atoms with E-state index in [1.807, 2.05) is 18.3 Å². The molecule has 2 rings (SSSR count). The Morgan fingerprint density at radius 1 is 1.28 bits per heavy atom. The van der Waals surface area contributed by atoms with Crippen LogP contribution in [0.3, 0.4) is 0 Å². The van der Waals surface area contributed by atoms with Crippen molar-refractivity contribution >= 4 is 11.3 Å². The molecule has 0 fully saturated rings. The molecule has 2 aromatic rings. The van der Waals surface area contributed by atoms with Crippen LogP contribution in [-0.4, -0.2) is 18.6 Å². The van der Waals surface area contributed by atoms with Gasteiger partial charge in [0.1, 0.15) is 10.8 Å². The lowest BCUT2D eigenvalue weighted by atomic mass is 10.1. The van der Waals surface area contributed by atoms with Gasteiger partial charge in [0.15, 0.2) is 0 Å². The fourth-order valence-electron chi connectivity index (χ4n) is 1.70. The summed E-state index contributed by atoms with van der Waals surface area (Å²) in [6, 6.07) is 8.21. The van der Waals surface area contributed by atoms with Gasteiger partial charge < -0.3 is 10.1 Å². The summed E-state index contributed by atoms with van der Waals surface area (Å²) in [4.78, 5) is 5.59. The van der Waals surface area contributed by atoms with Gasteiger partial charge in [0.05, 0.1) is 7.11 Å². The minimum absolute atomic E-state index is 0.856. The van der Waals surface area contributed by atoms with Gasteiger partial charge in [-0.05, 0) is 37.6 Å². The number of hydrogen-bond donors (Lipinski definition) is 1. The van der Waals surface area contributed by atoms with Crippen molar-refractivity contribution in [1.82, 2.24) is 10.3 Å². The van der Waals surface area contributed by atoms with Gasteiger partial charge in [-0.25, -0.2) is 4.98 Å². The van der Waals surface area contributed by atoms with Gasteiger partial charge in [-0.3, -0.25) is 0 Å². The summed E-state index contributed by atoms with van der Waals surface area (Å²) >= 11 is 1.75. The number of aromatic nitrogens is 1. The molecule has 0 aliphatic heterocycles. The van der Waals surface area contributed by atoms with Crippen molar-refractivity contribution < 1.29 is 4.74 Å². The molecule has 0 aliphatic carbocycles. The van der Waals surface area contributed by atoms with E-state index in [1.54, 1.807) is 18.4 Å². The van der Waals surface area contributed by atoms with E-state index in [1.165, 1.54) is 10.4 Å². The lowest BCUT2D eigenvalue weighted by molar-refractivity contribution is 0.414. The molecule has 0 atom stereocenters. The normalized spacial score (nSPS) is 10.6. The van der Waals surface area contributed by atoms with Crippen molar-refractivity contribution in [3.63, 3.8) is 0 Å². The van der Waals surface area contributed by atoms with Gasteiger partial charge in [-0.1, -0.05) is 12.1 Å². The molecule has 0 aliphatic rings. The second-order valence-corrected chi connectivity index (χ2v) is 5.46. The Morgan fingerprint density at radius 2 is 2.06 bits per heavy atom. The van der Waals surface area contributed by atoms with E-state index in [4.69, 9.17) is 4.74 Å². The fraction of sp³-hybridized carbons (Fsp3) is 0.357. The first-order valence-corrected chi connectivity index (χ1v) is 6.84. The highest BCUT2D eigenvalue weighted by atomic mass is 32.1. The number of aryl methyl sites for hydroxylation is 1. The number of thiazole rings is 1. The Bertz CT molecular complexity index is 479. The molecule has 3 nitrogen and oxygen atoms in total. The highest BCUT2D eigenvalue weighted by molar-refractivity contribution is 7.11. The average molecular weight is 262 g/mol. The molecular weight excluding hydrogens is 244 g/mol. The Kier molecular flexibility index (Phi) is 4.73. The van der Waals surface area contributed by atoms with Gasteiger partial charge in [-0.2, -0.15) is 0 Å². The first kappa shape index (κ1) is 13.1. The number of benzene rings is 1. The standard InChI is InChI=1S/C14H18N2OS/c1-11-9-16-14(18-11)10-15-8-7-12-3-5-13(17-2)6-4-12/h3-6,9,15H,7-8,10H2,1-2H3. The lowest BCUT2D eigenvalue weighted by Gasteiger charge is -2.04. The maximum Gasteiger partial charge on any atom is 0.118 e. The first-order chi connectivity index (χ1) is 8.78. The molecule has 1 N–H and O–H groups in total. The average Bonchev–Trinajstić information content (AvgIpc) is 2.81. The van der Waals surface area contributed by atoms with Crippen LogP contribution in [0.1, 0.15) is 15.4 Å². The third kappa shape index (κ3) is 3.82. The summed E-state index contributed by atoms with van der Waals surface area (Å²) in [5.74, 6) is 0.907. The molecule has 4 heteroatoms. The van der Waals surface area contributed by atoms with Gasteiger partial charge >= 0.3 is 0 Å². The van der Waals surface area contributed by atoms with Gasteiger partial charge in [0.2, 0.25) is 0 Å². The highest BCUT2D eigenvalue weighted by Gasteiger charge is 1.98. The summed E-state index contributed by atoms with van der Waals surface area (Å²) in [5.41, 5.74) is 1.32. The summed E-state index contributed by atoms with van der Waals surface area (Å²) in [6.45, 7) is 3.90. The van der Waals surface area contributed by atoms with E-state index in [2.05, 4.69) is 29.4 Å². The molecule has 0 saturated heterocycles. The fourth-order valence-corrected chi connectivity index (χ4v) is 2.46. The summed E-state index contributed by atoms with van der Waals surface area (Å²) in [5, 5.41) is 4.56. The van der Waals surface area contributed by atoms with Gasteiger partial charge in [0, 0.05) is 17.6 Å². The van der Waals surface area contributed by atoms with Gasteiger partial charge in [0.25, 0.3) is 0 Å². The highest BCUT2D eigenvalue weighted by Crippen LogP contribution is 2.12. The largest absolute Gasteiger partial charge is 0.497 e. The van der Waals surface area contributed by atoms with Crippen LogP contribution in [0.25, 0.3) is 0 Å². The van der Waals surface area contributed by atoms with Crippen LogP contribution in [0, 0.1) is 6.92 Å². The molecule has 1 aromatic carbocycles. The van der Waals surface area contributed by atoms with Crippen LogP contribution in [0.15, 0.2) is 30.5 Å². The van der Waals surface area contributed by atoms with Crippen LogP contribution in [0.4, 0.5) is 0 Å². The molecule has 18 heavy (non-hydrogen) atoms. The number of nitrogens with zero attached hydrogens (tertiary/aromatic N) is 1. The van der Waals surface area contributed by atoms with Crippen molar-refractivity contribution in [1.29, 1.82) is 0 Å². The van der Waals surface area contributed by atoms with Crippen molar-refractivity contribution in [3.05, 3.63) is 45.9 Å². The smallest absolute Gasteiger partial charge is 0.118 e. The van der Waals surface area contributed by atoms with Crippen LogP contribution in [-0.2, 0) is 13.0 Å². The predicted octanol–water partition coefficient (Wildman–Crippen LogP) is 2.79. The van der Waals surface area contributed by atoms with Crippen molar-refractivity contribution in [3.8, 4) is 5.75 Å². The third-order valence-corrected chi connectivity index (χ3v) is 3.61. The van der Waals surface area contributed by atoms with Crippen molar-refractivity contribution in [2.75, 3.05) is 13.7 Å². The topological polar surface area (TPSA) is 34.1 Å². The Morgan fingerprint density at radius 3 is 2.67 bits per heavy atom. The molecule has 0 spiro atoms. The third-order valence-electron chi connectivity index (χ3n) is 2.69. The quantitative estimate of drug-likeness (QED) is 0.813. The molecule has 0 saturated carbocycles. The second-order valence-electron chi connectivity index (χ2n) is 4.14. The molecule has 0 radical (unpaired) electrons. The predicted molar refractivity (Wildman–Crippen MR) is 75.3 cm³/mol. The second kappa shape index (κ2) is 6.52. The van der Waals surface area contributed by atoms with Crippen LogP contribution in [0.2, 0.25) is 0 Å². The molecular formula is C14H18N2OS. The Hall–Kier alpha value is -1.39. The van der Waals surface area contributed by atoms with E-state index in [0.29, 0.717) is 0 Å². The van der Waals surface area contributed by atoms with E-state index < -0.39 is 0 Å². The lowest BCUT2D eigenvalue weighted by Crippen LogP contribution is -2.16. The Labute approximate surface area is 112 Å². The molecule has 96 valence electrons. The number of ether oxygens (including phenoxy) is 1. The maximum absolute atomic E-state index is 5.13. The van der Waals surface area contributed by atoms with Crippen LogP contribution in [0.5, 0.6) is 5.75 Å². The maximum atomic E-state index is 5.13.